The number of nitrogens with zero attached hydrogens (tertiary/aromatic N) is 1. The van der Waals surface area contributed by atoms with Crippen molar-refractivity contribution in [3.63, 3.8) is 0 Å². The maximum atomic E-state index is 12.8. The molecule has 34 heavy (non-hydrogen) atoms. The van der Waals surface area contributed by atoms with E-state index in [1.807, 2.05) is 0 Å². The lowest BCUT2D eigenvalue weighted by Crippen LogP contribution is -2.04. The number of ether oxygens (including phenoxy) is 3. The maximum absolute atomic E-state index is 12.8. The first-order valence-corrected chi connectivity index (χ1v) is 11.0. The van der Waals surface area contributed by atoms with E-state index in [9.17, 15) is 13.2 Å². The Morgan fingerprint density at radius 2 is 1.59 bits per heavy atom. The van der Waals surface area contributed by atoms with E-state index in [0.29, 0.717) is 16.7 Å². The second-order valence-electron chi connectivity index (χ2n) is 6.51. The monoisotopic (exact) mass is 549 g/mol. The summed E-state index contributed by atoms with van der Waals surface area (Å²) in [6, 6.07) is 9.32. The molecule has 0 bridgehead atoms. The molecule has 4 nitrogen and oxygen atoms in total. The molecular formula is C23H14Cl4F3NO3. The van der Waals surface area contributed by atoms with Crippen molar-refractivity contribution in [2.75, 3.05) is 19.8 Å². The van der Waals surface area contributed by atoms with Crippen LogP contribution in [0.5, 0.6) is 17.4 Å². The minimum atomic E-state index is -4.41. The second kappa shape index (κ2) is 11.8. The number of halogens is 7. The summed E-state index contributed by atoms with van der Waals surface area (Å²) in [6.07, 6.45) is -2.95. The van der Waals surface area contributed by atoms with Gasteiger partial charge in [-0.05, 0) is 30.3 Å². The van der Waals surface area contributed by atoms with Gasteiger partial charge in [0.05, 0.1) is 21.1 Å². The van der Waals surface area contributed by atoms with E-state index in [2.05, 4.69) is 16.8 Å². The molecule has 3 aromatic rings. The zero-order chi connectivity index (χ0) is 24.7. The predicted molar refractivity (Wildman–Crippen MR) is 127 cm³/mol. The Balaban J connectivity index is 1.52. The van der Waals surface area contributed by atoms with Crippen LogP contribution in [0, 0.1) is 11.8 Å². The number of hydrogen-bond donors (Lipinski definition) is 0. The van der Waals surface area contributed by atoms with Gasteiger partial charge >= 0.3 is 6.18 Å². The van der Waals surface area contributed by atoms with Crippen molar-refractivity contribution in [2.24, 2.45) is 0 Å². The summed E-state index contributed by atoms with van der Waals surface area (Å²) in [5.74, 6) is 6.37. The molecule has 0 N–H and O–H groups in total. The summed E-state index contributed by atoms with van der Waals surface area (Å²) in [5.41, 5.74) is -0.364. The molecular weight excluding hydrogens is 537 g/mol. The number of aromatic nitrogens is 1. The lowest BCUT2D eigenvalue weighted by Gasteiger charge is -2.10. The normalized spacial score (nSPS) is 10.9. The average Bonchev–Trinajstić information content (AvgIpc) is 2.76. The molecule has 0 atom stereocenters. The maximum Gasteiger partial charge on any atom is 0.416 e. The standard InChI is InChI=1S/C23H14Cl4F3NO3/c24-17-12-16(32-10-7-20(26)27)13-18(25)22(17)34-9-2-1-8-33-21-6-3-14-11-15(23(28,29)30)4-5-19(14)31-21/h3-7,11-13H,8-10H2. The van der Waals surface area contributed by atoms with Crippen molar-refractivity contribution in [3.05, 3.63) is 68.6 Å². The molecule has 0 aliphatic heterocycles. The molecule has 0 aliphatic rings. The molecule has 0 unspecified atom stereocenters. The van der Waals surface area contributed by atoms with E-state index in [1.54, 1.807) is 0 Å². The molecule has 0 saturated carbocycles. The van der Waals surface area contributed by atoms with Crippen LogP contribution in [0.4, 0.5) is 13.2 Å². The fourth-order valence-electron chi connectivity index (χ4n) is 2.64. The Morgan fingerprint density at radius 3 is 2.24 bits per heavy atom. The highest BCUT2D eigenvalue weighted by atomic mass is 35.5. The Labute approximate surface area is 213 Å². The third kappa shape index (κ3) is 7.51. The number of benzene rings is 2. The zero-order valence-corrected chi connectivity index (χ0v) is 20.1. The first kappa shape index (κ1) is 26.1. The SMILES string of the molecule is FC(F)(F)c1ccc2nc(OCC#CCOc3c(Cl)cc(OCC=C(Cl)Cl)cc3Cl)ccc2c1. The number of rotatable bonds is 7. The van der Waals surface area contributed by atoms with Crippen LogP contribution >= 0.6 is 46.4 Å². The Kier molecular flexibility index (Phi) is 9.03. The van der Waals surface area contributed by atoms with Crippen molar-refractivity contribution in [1.29, 1.82) is 0 Å². The van der Waals surface area contributed by atoms with Gasteiger partial charge in [-0.15, -0.1) is 0 Å². The molecule has 1 aromatic heterocycles. The highest BCUT2D eigenvalue weighted by Gasteiger charge is 2.30. The van der Waals surface area contributed by atoms with E-state index in [4.69, 9.17) is 60.6 Å². The minimum absolute atomic E-state index is 0.00656. The predicted octanol–water partition coefficient (Wildman–Crippen LogP) is 7.72. The average molecular weight is 551 g/mol. The van der Waals surface area contributed by atoms with Gasteiger partial charge in [0.15, 0.2) is 12.4 Å². The van der Waals surface area contributed by atoms with E-state index >= 15 is 0 Å². The molecule has 0 saturated heterocycles. The van der Waals surface area contributed by atoms with Crippen molar-refractivity contribution < 1.29 is 27.4 Å². The molecule has 3 rings (SSSR count). The van der Waals surface area contributed by atoms with E-state index in [-0.39, 0.29) is 46.0 Å². The van der Waals surface area contributed by atoms with Crippen molar-refractivity contribution in [2.45, 2.75) is 6.18 Å². The minimum Gasteiger partial charge on any atom is -0.489 e. The van der Waals surface area contributed by atoms with Gasteiger partial charge in [-0.3, -0.25) is 0 Å². The molecule has 0 fully saturated rings. The van der Waals surface area contributed by atoms with Gasteiger partial charge in [0, 0.05) is 23.6 Å². The smallest absolute Gasteiger partial charge is 0.416 e. The van der Waals surface area contributed by atoms with Gasteiger partial charge in [-0.2, -0.15) is 13.2 Å². The van der Waals surface area contributed by atoms with Crippen LogP contribution < -0.4 is 14.2 Å². The first-order valence-electron chi connectivity index (χ1n) is 9.46. The van der Waals surface area contributed by atoms with Gasteiger partial charge in [-0.25, -0.2) is 4.98 Å². The van der Waals surface area contributed by atoms with Crippen LogP contribution in [0.2, 0.25) is 10.0 Å². The number of pyridine rings is 1. The summed E-state index contributed by atoms with van der Waals surface area (Å²) in [5, 5.41) is 0.817. The van der Waals surface area contributed by atoms with Crippen molar-refractivity contribution in [1.82, 2.24) is 4.98 Å². The lowest BCUT2D eigenvalue weighted by atomic mass is 10.1. The molecule has 0 radical (unpaired) electrons. The molecule has 11 heteroatoms. The Hall–Kier alpha value is -2.50. The molecule has 178 valence electrons. The third-order valence-corrected chi connectivity index (χ3v) is 5.03. The fraction of sp³-hybridized carbons (Fsp3) is 0.174. The number of hydrogen-bond acceptors (Lipinski definition) is 4. The molecule has 0 aliphatic carbocycles. The lowest BCUT2D eigenvalue weighted by molar-refractivity contribution is -0.137. The molecule has 1 heterocycles. The fourth-order valence-corrected chi connectivity index (χ4v) is 3.34. The van der Waals surface area contributed by atoms with Gasteiger partial charge in [-0.1, -0.05) is 58.2 Å². The Morgan fingerprint density at radius 1 is 0.912 bits per heavy atom. The quantitative estimate of drug-likeness (QED) is 0.282. The van der Waals surface area contributed by atoms with Crippen molar-refractivity contribution >= 4 is 57.3 Å². The molecule has 0 amide bonds. The summed E-state index contributed by atoms with van der Waals surface area (Å²) in [7, 11) is 0. The van der Waals surface area contributed by atoms with Gasteiger partial charge in [0.25, 0.3) is 0 Å². The number of alkyl halides is 3. The van der Waals surface area contributed by atoms with Crippen LogP contribution in [0.1, 0.15) is 5.56 Å². The van der Waals surface area contributed by atoms with Gasteiger partial charge in [0.2, 0.25) is 5.88 Å². The summed E-state index contributed by atoms with van der Waals surface area (Å²) < 4.78 is 54.8. The zero-order valence-electron chi connectivity index (χ0n) is 17.1. The third-order valence-electron chi connectivity index (χ3n) is 4.16. The highest BCUT2D eigenvalue weighted by Crippen LogP contribution is 2.37. The Bertz CT molecular complexity index is 1240. The summed E-state index contributed by atoms with van der Waals surface area (Å²) in [4.78, 5) is 4.17. The van der Waals surface area contributed by atoms with Crippen LogP contribution in [-0.2, 0) is 6.18 Å². The van der Waals surface area contributed by atoms with E-state index < -0.39 is 11.7 Å². The van der Waals surface area contributed by atoms with Crippen LogP contribution in [0.15, 0.2) is 53.0 Å². The van der Waals surface area contributed by atoms with Gasteiger partial charge < -0.3 is 14.2 Å². The summed E-state index contributed by atoms with van der Waals surface area (Å²) in [6.45, 7) is 0.119. The van der Waals surface area contributed by atoms with Gasteiger partial charge in [0.1, 0.15) is 23.5 Å². The van der Waals surface area contributed by atoms with Crippen LogP contribution in [0.25, 0.3) is 10.9 Å². The van der Waals surface area contributed by atoms with E-state index in [0.717, 1.165) is 12.1 Å². The summed E-state index contributed by atoms with van der Waals surface area (Å²) >= 11 is 23.4. The molecule has 2 aromatic carbocycles. The number of fused-ring (bicyclic) bond motifs is 1. The van der Waals surface area contributed by atoms with Crippen molar-refractivity contribution in [3.8, 4) is 29.2 Å². The topological polar surface area (TPSA) is 40.6 Å². The first-order chi connectivity index (χ1) is 16.1. The largest absolute Gasteiger partial charge is 0.489 e. The van der Waals surface area contributed by atoms with E-state index in [1.165, 1.54) is 36.4 Å². The molecule has 0 spiro atoms. The second-order valence-corrected chi connectivity index (χ2v) is 8.33. The van der Waals surface area contributed by atoms with Crippen LogP contribution in [0.3, 0.4) is 0 Å². The van der Waals surface area contributed by atoms with Crippen LogP contribution in [-0.4, -0.2) is 24.8 Å². The highest BCUT2D eigenvalue weighted by molar-refractivity contribution is 6.55.